The van der Waals surface area contributed by atoms with Crippen LogP contribution in [0.1, 0.15) is 22.8 Å². The summed E-state index contributed by atoms with van der Waals surface area (Å²) in [5.41, 5.74) is 0.262. The van der Waals surface area contributed by atoms with E-state index in [0.29, 0.717) is 15.8 Å². The first-order valence-corrected chi connectivity index (χ1v) is 6.00. The lowest BCUT2D eigenvalue weighted by atomic mass is 10.0. The zero-order valence-corrected chi connectivity index (χ0v) is 11.8. The molecule has 1 N–H and O–H groups in total. The van der Waals surface area contributed by atoms with Crippen molar-refractivity contribution in [2.24, 2.45) is 0 Å². The molecular formula is C12H13BrO5. The van der Waals surface area contributed by atoms with Crippen molar-refractivity contribution in [2.75, 3.05) is 13.7 Å². The number of Topliss-reactive ketones (excluding diaryl/α,β-unsaturated/α-hetero) is 1. The van der Waals surface area contributed by atoms with Crippen LogP contribution < -0.4 is 4.74 Å². The summed E-state index contributed by atoms with van der Waals surface area (Å²) >= 11 is 3.21. The third-order valence-electron chi connectivity index (χ3n) is 2.35. The minimum Gasteiger partial charge on any atom is -0.507 e. The highest BCUT2D eigenvalue weighted by atomic mass is 79.9. The fraction of sp³-hybridized carbons (Fsp3) is 0.333. The van der Waals surface area contributed by atoms with Gasteiger partial charge in [-0.15, -0.1) is 0 Å². The van der Waals surface area contributed by atoms with Gasteiger partial charge in [0, 0.05) is 5.56 Å². The monoisotopic (exact) mass is 316 g/mol. The minimum absolute atomic E-state index is 0.0989. The van der Waals surface area contributed by atoms with Crippen molar-refractivity contribution >= 4 is 27.7 Å². The van der Waals surface area contributed by atoms with Crippen molar-refractivity contribution in [3.63, 3.8) is 0 Å². The normalized spacial score (nSPS) is 10.0. The molecule has 0 radical (unpaired) electrons. The van der Waals surface area contributed by atoms with E-state index in [4.69, 9.17) is 4.74 Å². The van der Waals surface area contributed by atoms with E-state index in [1.54, 1.807) is 13.8 Å². The van der Waals surface area contributed by atoms with E-state index in [-0.39, 0.29) is 17.9 Å². The third-order valence-corrected chi connectivity index (χ3v) is 2.94. The summed E-state index contributed by atoms with van der Waals surface area (Å²) in [6, 6.07) is 1.33. The topological polar surface area (TPSA) is 72.8 Å². The molecule has 0 saturated carbocycles. The lowest BCUT2D eigenvalue weighted by Crippen LogP contribution is -2.18. The molecule has 0 unspecified atom stereocenters. The van der Waals surface area contributed by atoms with E-state index >= 15 is 0 Å². The Kier molecular flexibility index (Phi) is 4.72. The quantitative estimate of drug-likeness (QED) is 0.524. The summed E-state index contributed by atoms with van der Waals surface area (Å²) in [4.78, 5) is 23.1. The lowest BCUT2D eigenvalue weighted by molar-refractivity contribution is -0.137. The molecular weight excluding hydrogens is 304 g/mol. The van der Waals surface area contributed by atoms with Gasteiger partial charge in [-0.1, -0.05) is 0 Å². The van der Waals surface area contributed by atoms with Crippen molar-refractivity contribution in [1.29, 1.82) is 0 Å². The molecule has 0 spiro atoms. The molecule has 98 valence electrons. The maximum absolute atomic E-state index is 11.8. The molecule has 0 aromatic heterocycles. The van der Waals surface area contributed by atoms with Crippen molar-refractivity contribution < 1.29 is 24.2 Å². The first kappa shape index (κ1) is 14.5. The average molecular weight is 317 g/mol. The first-order valence-electron chi connectivity index (χ1n) is 5.21. The van der Waals surface area contributed by atoms with Gasteiger partial charge in [-0.05, 0) is 35.8 Å². The molecule has 1 aromatic rings. The van der Waals surface area contributed by atoms with Gasteiger partial charge in [0.15, 0.2) is 0 Å². The van der Waals surface area contributed by atoms with Gasteiger partial charge < -0.3 is 14.6 Å². The Hall–Kier alpha value is -1.56. The van der Waals surface area contributed by atoms with E-state index in [2.05, 4.69) is 20.7 Å². The van der Waals surface area contributed by atoms with Gasteiger partial charge in [-0.3, -0.25) is 4.79 Å². The summed E-state index contributed by atoms with van der Waals surface area (Å²) in [5, 5.41) is 9.89. The summed E-state index contributed by atoms with van der Waals surface area (Å²) in [6.45, 7) is 3.28. The number of esters is 1. The number of methoxy groups -OCH3 is 1. The van der Waals surface area contributed by atoms with Gasteiger partial charge in [0.25, 0.3) is 5.78 Å². The van der Waals surface area contributed by atoms with Crippen LogP contribution in [0.4, 0.5) is 0 Å². The number of carbonyl (C=O) groups is 2. The number of carbonyl (C=O) groups excluding carboxylic acids is 2. The lowest BCUT2D eigenvalue weighted by Gasteiger charge is -2.12. The number of ketones is 1. The second-order valence-electron chi connectivity index (χ2n) is 3.46. The van der Waals surface area contributed by atoms with Gasteiger partial charge in [0.05, 0.1) is 23.8 Å². The number of phenols is 1. The van der Waals surface area contributed by atoms with Gasteiger partial charge >= 0.3 is 5.97 Å². The Labute approximate surface area is 113 Å². The Bertz CT molecular complexity index is 496. The Morgan fingerprint density at radius 3 is 2.56 bits per heavy atom. The molecule has 0 atom stereocenters. The van der Waals surface area contributed by atoms with Crippen LogP contribution in [0.5, 0.6) is 11.5 Å². The zero-order chi connectivity index (χ0) is 13.9. The van der Waals surface area contributed by atoms with E-state index in [0.717, 1.165) is 0 Å². The summed E-state index contributed by atoms with van der Waals surface area (Å²) in [7, 11) is 1.44. The molecule has 0 bridgehead atoms. The van der Waals surface area contributed by atoms with Gasteiger partial charge in [0.2, 0.25) is 0 Å². The molecule has 0 aliphatic rings. The number of phenolic OH excluding ortho intramolecular Hbond substituents is 1. The minimum atomic E-state index is -0.996. The molecule has 0 fully saturated rings. The second-order valence-corrected chi connectivity index (χ2v) is 4.32. The van der Waals surface area contributed by atoms with E-state index in [1.807, 2.05) is 0 Å². The van der Waals surface area contributed by atoms with Crippen LogP contribution in [0, 0.1) is 6.92 Å². The fourth-order valence-corrected chi connectivity index (χ4v) is 2.17. The van der Waals surface area contributed by atoms with Crippen LogP contribution >= 0.6 is 15.9 Å². The van der Waals surface area contributed by atoms with Gasteiger partial charge in [0.1, 0.15) is 11.5 Å². The van der Waals surface area contributed by atoms with Crippen LogP contribution in [0.15, 0.2) is 10.5 Å². The highest BCUT2D eigenvalue weighted by molar-refractivity contribution is 9.10. The molecule has 5 nitrogen and oxygen atoms in total. The maximum Gasteiger partial charge on any atom is 0.379 e. The Morgan fingerprint density at radius 2 is 2.06 bits per heavy atom. The smallest absolute Gasteiger partial charge is 0.379 e. The van der Waals surface area contributed by atoms with Crippen molar-refractivity contribution in [3.05, 3.63) is 21.7 Å². The second kappa shape index (κ2) is 5.86. The molecule has 18 heavy (non-hydrogen) atoms. The molecule has 1 aromatic carbocycles. The van der Waals surface area contributed by atoms with Crippen LogP contribution in [0.25, 0.3) is 0 Å². The van der Waals surface area contributed by atoms with Gasteiger partial charge in [-0.2, -0.15) is 0 Å². The standard InChI is InChI=1S/C12H13BrO5/c1-4-18-12(16)10(15)7-5-8(13)11(17-3)6(2)9(7)14/h5,14H,4H2,1-3H3. The van der Waals surface area contributed by atoms with E-state index < -0.39 is 11.8 Å². The van der Waals surface area contributed by atoms with Crippen LogP contribution in [-0.2, 0) is 9.53 Å². The highest BCUT2D eigenvalue weighted by Crippen LogP contribution is 2.37. The zero-order valence-electron chi connectivity index (χ0n) is 10.2. The molecule has 0 heterocycles. The van der Waals surface area contributed by atoms with Crippen molar-refractivity contribution in [3.8, 4) is 11.5 Å². The summed E-state index contributed by atoms with van der Waals surface area (Å²) < 4.78 is 10.1. The SMILES string of the molecule is CCOC(=O)C(=O)c1cc(Br)c(OC)c(C)c1O. The molecule has 1 rings (SSSR count). The fourth-order valence-electron chi connectivity index (χ4n) is 1.48. The molecule has 0 aliphatic heterocycles. The number of rotatable bonds is 4. The molecule has 0 amide bonds. The molecule has 6 heteroatoms. The Morgan fingerprint density at radius 1 is 1.44 bits per heavy atom. The van der Waals surface area contributed by atoms with Crippen LogP contribution in [0.2, 0.25) is 0 Å². The molecule has 0 aliphatic carbocycles. The van der Waals surface area contributed by atoms with E-state index in [1.165, 1.54) is 13.2 Å². The number of halogens is 1. The number of ether oxygens (including phenoxy) is 2. The van der Waals surface area contributed by atoms with Crippen LogP contribution in [-0.4, -0.2) is 30.6 Å². The third kappa shape index (κ3) is 2.64. The number of hydrogen-bond acceptors (Lipinski definition) is 5. The molecule has 0 saturated heterocycles. The summed E-state index contributed by atoms with van der Waals surface area (Å²) in [5.74, 6) is -1.76. The number of benzene rings is 1. The first-order chi connectivity index (χ1) is 8.43. The van der Waals surface area contributed by atoms with Gasteiger partial charge in [-0.25, -0.2) is 4.79 Å². The maximum atomic E-state index is 11.8. The largest absolute Gasteiger partial charge is 0.507 e. The van der Waals surface area contributed by atoms with Crippen LogP contribution in [0.3, 0.4) is 0 Å². The van der Waals surface area contributed by atoms with Crippen molar-refractivity contribution in [2.45, 2.75) is 13.8 Å². The number of aromatic hydroxyl groups is 1. The van der Waals surface area contributed by atoms with E-state index in [9.17, 15) is 14.7 Å². The highest BCUT2D eigenvalue weighted by Gasteiger charge is 2.24. The predicted octanol–water partition coefficient (Wildman–Crippen LogP) is 2.22. The van der Waals surface area contributed by atoms with Crippen molar-refractivity contribution in [1.82, 2.24) is 0 Å². The Balaban J connectivity index is 3.27. The average Bonchev–Trinajstić information content (AvgIpc) is 2.34. The number of hydrogen-bond donors (Lipinski definition) is 1. The predicted molar refractivity (Wildman–Crippen MR) is 68.1 cm³/mol. The summed E-state index contributed by atoms with van der Waals surface area (Å²) in [6.07, 6.45) is 0.